The molecule has 0 aliphatic heterocycles. The van der Waals surface area contributed by atoms with E-state index in [0.29, 0.717) is 27.8 Å². The van der Waals surface area contributed by atoms with Crippen molar-refractivity contribution in [3.63, 3.8) is 0 Å². The molecule has 104 valence electrons. The molecule has 3 N–H and O–H groups in total. The summed E-state index contributed by atoms with van der Waals surface area (Å²) in [5.74, 6) is -0.871. The van der Waals surface area contributed by atoms with Gasteiger partial charge >= 0.3 is 5.97 Å². The Labute approximate surface area is 115 Å². The van der Waals surface area contributed by atoms with Crippen LogP contribution in [0, 0.1) is 6.92 Å². The Morgan fingerprint density at radius 1 is 1.35 bits per heavy atom. The van der Waals surface area contributed by atoms with Gasteiger partial charge in [-0.1, -0.05) is 0 Å². The Morgan fingerprint density at radius 3 is 2.80 bits per heavy atom. The number of nitrogens with one attached hydrogen (secondary N) is 1. The molecule has 0 atom stereocenters. The quantitative estimate of drug-likeness (QED) is 0.643. The van der Waals surface area contributed by atoms with Gasteiger partial charge in [-0.05, 0) is 31.2 Å². The highest BCUT2D eigenvalue weighted by Crippen LogP contribution is 2.21. The monoisotopic (exact) mass is 273 g/mol. The number of anilines is 1. The SMILES string of the molecule is COC(=O)CNC(=O)c1cc(C)nc2ccc(N)cc12. The molecule has 0 unspecified atom stereocenters. The third-order valence-electron chi connectivity index (χ3n) is 2.83. The lowest BCUT2D eigenvalue weighted by Gasteiger charge is -2.09. The highest BCUT2D eigenvalue weighted by atomic mass is 16.5. The molecule has 6 nitrogen and oxygen atoms in total. The fourth-order valence-electron chi connectivity index (χ4n) is 1.88. The molecule has 0 saturated carbocycles. The number of amides is 1. The zero-order chi connectivity index (χ0) is 14.7. The Balaban J connectivity index is 2.39. The molecule has 1 amide bonds. The third-order valence-corrected chi connectivity index (χ3v) is 2.83. The molecule has 0 spiro atoms. The van der Waals surface area contributed by atoms with Crippen LogP contribution in [0.4, 0.5) is 5.69 Å². The topological polar surface area (TPSA) is 94.3 Å². The minimum atomic E-state index is -0.507. The standard InChI is InChI=1S/C14H15N3O3/c1-8-5-11(14(19)16-7-13(18)20-2)10-6-9(15)3-4-12(10)17-8/h3-6H,7,15H2,1-2H3,(H,16,19). The van der Waals surface area contributed by atoms with Crippen LogP contribution >= 0.6 is 0 Å². The van der Waals surface area contributed by atoms with Gasteiger partial charge in [0.25, 0.3) is 5.91 Å². The molecular formula is C14H15N3O3. The predicted octanol–water partition coefficient (Wildman–Crippen LogP) is 1.03. The lowest BCUT2D eigenvalue weighted by molar-refractivity contribution is -0.139. The number of nitrogens with two attached hydrogens (primary N) is 1. The van der Waals surface area contributed by atoms with Gasteiger partial charge in [0.15, 0.2) is 0 Å². The van der Waals surface area contributed by atoms with Crippen molar-refractivity contribution < 1.29 is 14.3 Å². The number of hydrogen-bond donors (Lipinski definition) is 2. The maximum absolute atomic E-state index is 12.2. The summed E-state index contributed by atoms with van der Waals surface area (Å²) in [6, 6.07) is 6.84. The van der Waals surface area contributed by atoms with Crippen LogP contribution in [0.15, 0.2) is 24.3 Å². The molecule has 0 bridgehead atoms. The zero-order valence-corrected chi connectivity index (χ0v) is 11.3. The first-order chi connectivity index (χ1) is 9.51. The van der Waals surface area contributed by atoms with Crippen molar-refractivity contribution in [3.8, 4) is 0 Å². The van der Waals surface area contributed by atoms with Crippen LogP contribution < -0.4 is 11.1 Å². The summed E-state index contributed by atoms with van der Waals surface area (Å²) in [6.45, 7) is 1.62. The molecule has 1 aromatic carbocycles. The summed E-state index contributed by atoms with van der Waals surface area (Å²) in [5, 5.41) is 3.16. The molecule has 0 fully saturated rings. The number of pyridine rings is 1. The Bertz CT molecular complexity index is 683. The number of ether oxygens (including phenoxy) is 1. The molecule has 20 heavy (non-hydrogen) atoms. The number of nitrogen functional groups attached to an aromatic ring is 1. The van der Waals surface area contributed by atoms with Gasteiger partial charge in [0.05, 0.1) is 18.2 Å². The Hall–Kier alpha value is -2.63. The van der Waals surface area contributed by atoms with E-state index in [1.165, 1.54) is 7.11 Å². The van der Waals surface area contributed by atoms with Crippen molar-refractivity contribution in [2.24, 2.45) is 0 Å². The van der Waals surface area contributed by atoms with Gasteiger partial charge in [-0.25, -0.2) is 0 Å². The largest absolute Gasteiger partial charge is 0.468 e. The Morgan fingerprint density at radius 2 is 2.10 bits per heavy atom. The number of benzene rings is 1. The summed E-state index contributed by atoms with van der Waals surface area (Å²) < 4.78 is 4.48. The normalized spacial score (nSPS) is 10.3. The van der Waals surface area contributed by atoms with Crippen molar-refractivity contribution in [3.05, 3.63) is 35.5 Å². The van der Waals surface area contributed by atoms with Gasteiger partial charge in [-0.15, -0.1) is 0 Å². The summed E-state index contributed by atoms with van der Waals surface area (Å²) in [4.78, 5) is 27.6. The molecule has 0 radical (unpaired) electrons. The van der Waals surface area contributed by atoms with E-state index in [9.17, 15) is 9.59 Å². The van der Waals surface area contributed by atoms with E-state index in [4.69, 9.17) is 5.73 Å². The van der Waals surface area contributed by atoms with Crippen LogP contribution in [0.1, 0.15) is 16.1 Å². The second-order valence-corrected chi connectivity index (χ2v) is 4.35. The molecule has 2 rings (SSSR count). The van der Waals surface area contributed by atoms with Gasteiger partial charge in [-0.2, -0.15) is 0 Å². The third kappa shape index (κ3) is 2.85. The van der Waals surface area contributed by atoms with E-state index < -0.39 is 5.97 Å². The fraction of sp³-hybridized carbons (Fsp3) is 0.214. The van der Waals surface area contributed by atoms with Gasteiger partial charge in [0.1, 0.15) is 6.54 Å². The second-order valence-electron chi connectivity index (χ2n) is 4.35. The van der Waals surface area contributed by atoms with Gasteiger partial charge in [0.2, 0.25) is 0 Å². The van der Waals surface area contributed by atoms with E-state index in [2.05, 4.69) is 15.0 Å². The van der Waals surface area contributed by atoms with Crippen molar-refractivity contribution in [2.75, 3.05) is 19.4 Å². The number of carbonyl (C=O) groups is 2. The first kappa shape index (κ1) is 13.8. The smallest absolute Gasteiger partial charge is 0.325 e. The van der Waals surface area contributed by atoms with Crippen LogP contribution in [-0.2, 0) is 9.53 Å². The highest BCUT2D eigenvalue weighted by Gasteiger charge is 2.13. The van der Waals surface area contributed by atoms with E-state index in [0.717, 1.165) is 0 Å². The van der Waals surface area contributed by atoms with Crippen LogP contribution in [0.25, 0.3) is 10.9 Å². The second kappa shape index (κ2) is 5.56. The number of aryl methyl sites for hydroxylation is 1. The van der Waals surface area contributed by atoms with Crippen molar-refractivity contribution in [2.45, 2.75) is 6.92 Å². The number of nitrogens with zero attached hydrogens (tertiary/aromatic N) is 1. The lowest BCUT2D eigenvalue weighted by Crippen LogP contribution is -2.30. The minimum Gasteiger partial charge on any atom is -0.468 e. The fourth-order valence-corrected chi connectivity index (χ4v) is 1.88. The summed E-state index contributed by atoms with van der Waals surface area (Å²) in [6.07, 6.45) is 0. The molecule has 1 heterocycles. The molecular weight excluding hydrogens is 258 g/mol. The molecule has 0 aliphatic rings. The molecule has 2 aromatic rings. The number of rotatable bonds is 3. The van der Waals surface area contributed by atoms with E-state index >= 15 is 0 Å². The van der Waals surface area contributed by atoms with Crippen molar-refractivity contribution in [1.29, 1.82) is 0 Å². The molecule has 0 aliphatic carbocycles. The number of hydrogen-bond acceptors (Lipinski definition) is 5. The average Bonchev–Trinajstić information content (AvgIpc) is 2.43. The van der Waals surface area contributed by atoms with Crippen LogP contribution in [0.5, 0.6) is 0 Å². The van der Waals surface area contributed by atoms with Crippen LogP contribution in [0.2, 0.25) is 0 Å². The summed E-state index contributed by atoms with van der Waals surface area (Å²) >= 11 is 0. The predicted molar refractivity (Wildman–Crippen MR) is 75.2 cm³/mol. The van der Waals surface area contributed by atoms with Gasteiger partial charge in [0, 0.05) is 16.8 Å². The molecule has 1 aromatic heterocycles. The average molecular weight is 273 g/mol. The van der Waals surface area contributed by atoms with Crippen LogP contribution in [-0.4, -0.2) is 30.5 Å². The van der Waals surface area contributed by atoms with E-state index in [1.807, 2.05) is 0 Å². The number of esters is 1. The van der Waals surface area contributed by atoms with Gasteiger partial charge < -0.3 is 15.8 Å². The minimum absolute atomic E-state index is 0.180. The van der Waals surface area contributed by atoms with Gasteiger partial charge in [-0.3, -0.25) is 14.6 Å². The number of methoxy groups -OCH3 is 1. The maximum atomic E-state index is 12.2. The van der Waals surface area contributed by atoms with E-state index in [-0.39, 0.29) is 12.5 Å². The molecule has 0 saturated heterocycles. The van der Waals surface area contributed by atoms with E-state index in [1.54, 1.807) is 31.2 Å². The lowest BCUT2D eigenvalue weighted by atomic mass is 10.1. The zero-order valence-electron chi connectivity index (χ0n) is 11.3. The number of carbonyl (C=O) groups excluding carboxylic acids is 2. The number of aromatic nitrogens is 1. The molecule has 6 heteroatoms. The Kier molecular flexibility index (Phi) is 3.84. The number of fused-ring (bicyclic) bond motifs is 1. The maximum Gasteiger partial charge on any atom is 0.325 e. The van der Waals surface area contributed by atoms with Crippen molar-refractivity contribution in [1.82, 2.24) is 10.3 Å². The highest BCUT2D eigenvalue weighted by molar-refractivity contribution is 6.07. The summed E-state index contributed by atoms with van der Waals surface area (Å²) in [7, 11) is 1.27. The van der Waals surface area contributed by atoms with Crippen molar-refractivity contribution >= 4 is 28.5 Å². The first-order valence-electron chi connectivity index (χ1n) is 6.03. The van der Waals surface area contributed by atoms with Crippen LogP contribution in [0.3, 0.4) is 0 Å². The first-order valence-corrected chi connectivity index (χ1v) is 6.03. The summed E-state index contributed by atoms with van der Waals surface area (Å²) in [5.41, 5.74) is 8.12.